The molecular weight excluding hydrogens is 418 g/mol. The third kappa shape index (κ3) is 4.01. The van der Waals surface area contributed by atoms with E-state index in [9.17, 15) is 9.59 Å². The maximum absolute atomic E-state index is 12.8. The molecule has 160 valence electrons. The number of rotatable bonds is 4. The zero-order valence-electron chi connectivity index (χ0n) is 18.0. The van der Waals surface area contributed by atoms with E-state index in [1.165, 1.54) is 10.3 Å². The van der Waals surface area contributed by atoms with Crippen molar-refractivity contribution >= 4 is 44.7 Å². The van der Waals surface area contributed by atoms with Crippen molar-refractivity contribution in [1.82, 2.24) is 4.98 Å². The maximum atomic E-state index is 12.8. The molecule has 4 aromatic rings. The van der Waals surface area contributed by atoms with Crippen LogP contribution in [0.15, 0.2) is 66.7 Å². The predicted octanol–water partition coefficient (Wildman–Crippen LogP) is 5.57. The van der Waals surface area contributed by atoms with Gasteiger partial charge < -0.3 is 10.2 Å². The van der Waals surface area contributed by atoms with Gasteiger partial charge in [-0.05, 0) is 67.9 Å². The molecule has 0 bridgehead atoms. The summed E-state index contributed by atoms with van der Waals surface area (Å²) in [6.07, 6.45) is 0.225. The monoisotopic (exact) mass is 441 g/mol. The van der Waals surface area contributed by atoms with E-state index in [0.29, 0.717) is 6.54 Å². The Labute approximate surface area is 190 Å². The number of anilines is 2. The minimum atomic E-state index is -0.365. The lowest BCUT2D eigenvalue weighted by Crippen LogP contribution is -2.28. The van der Waals surface area contributed by atoms with Gasteiger partial charge in [0.25, 0.3) is 0 Å². The number of hydrogen-bond donors (Lipinski definition) is 1. The summed E-state index contributed by atoms with van der Waals surface area (Å²) in [5, 5.41) is 3.92. The van der Waals surface area contributed by atoms with E-state index in [0.717, 1.165) is 33.0 Å². The second-order valence-electron chi connectivity index (χ2n) is 8.30. The van der Waals surface area contributed by atoms with Crippen molar-refractivity contribution in [1.29, 1.82) is 0 Å². The summed E-state index contributed by atoms with van der Waals surface area (Å²) in [7, 11) is 0. The molecule has 1 atom stereocenters. The molecule has 0 spiro atoms. The zero-order chi connectivity index (χ0) is 22.2. The first-order chi connectivity index (χ1) is 15.5. The fraction of sp³-hybridized carbons (Fsp3) is 0.192. The van der Waals surface area contributed by atoms with E-state index in [2.05, 4.69) is 24.4 Å². The predicted molar refractivity (Wildman–Crippen MR) is 130 cm³/mol. The summed E-state index contributed by atoms with van der Waals surface area (Å²) >= 11 is 1.66. The molecule has 3 aromatic carbocycles. The molecule has 1 aromatic heterocycles. The van der Waals surface area contributed by atoms with Gasteiger partial charge in [-0.3, -0.25) is 9.59 Å². The zero-order valence-corrected chi connectivity index (χ0v) is 18.8. The number of fused-ring (bicyclic) bond motifs is 1. The highest BCUT2D eigenvalue weighted by molar-refractivity contribution is 7.21. The molecule has 2 heterocycles. The van der Waals surface area contributed by atoms with Crippen LogP contribution in [0.4, 0.5) is 11.4 Å². The van der Waals surface area contributed by atoms with Gasteiger partial charge in [0.2, 0.25) is 11.8 Å². The molecule has 6 heteroatoms. The van der Waals surface area contributed by atoms with E-state index in [-0.39, 0.29) is 24.2 Å². The number of thiazole rings is 1. The summed E-state index contributed by atoms with van der Waals surface area (Å²) in [6.45, 7) is 4.49. The van der Waals surface area contributed by atoms with Crippen LogP contribution in [0.5, 0.6) is 0 Å². The quantitative estimate of drug-likeness (QED) is 0.450. The first kappa shape index (κ1) is 20.4. The second kappa shape index (κ2) is 8.20. The molecular formula is C26H23N3O2S. The van der Waals surface area contributed by atoms with Crippen LogP contribution in [0, 0.1) is 19.8 Å². The van der Waals surface area contributed by atoms with Gasteiger partial charge in [0.1, 0.15) is 5.01 Å². The number of amides is 2. The Balaban J connectivity index is 1.26. The van der Waals surface area contributed by atoms with Gasteiger partial charge >= 0.3 is 0 Å². The van der Waals surface area contributed by atoms with Gasteiger partial charge in [-0.1, -0.05) is 23.8 Å². The number of hydrogen-bond acceptors (Lipinski definition) is 4. The fourth-order valence-corrected chi connectivity index (χ4v) is 5.02. The van der Waals surface area contributed by atoms with E-state index in [1.807, 2.05) is 61.5 Å². The molecule has 1 saturated heterocycles. The normalized spacial score (nSPS) is 16.0. The molecule has 1 aliphatic heterocycles. The summed E-state index contributed by atoms with van der Waals surface area (Å²) in [4.78, 5) is 31.7. The number of aromatic nitrogens is 1. The molecule has 1 unspecified atom stereocenters. The van der Waals surface area contributed by atoms with Crippen LogP contribution < -0.4 is 10.2 Å². The first-order valence-electron chi connectivity index (χ1n) is 10.6. The SMILES string of the molecule is Cc1ccc(N2CC(C(=O)Nc3ccc(-c4nc5ccc(C)cc5s4)cc3)CC2=O)cc1. The fourth-order valence-electron chi connectivity index (χ4n) is 3.95. The van der Waals surface area contributed by atoms with E-state index < -0.39 is 0 Å². The molecule has 1 aliphatic rings. The highest BCUT2D eigenvalue weighted by atomic mass is 32.1. The molecule has 0 saturated carbocycles. The Morgan fingerprint density at radius 1 is 1.00 bits per heavy atom. The third-order valence-electron chi connectivity index (χ3n) is 5.78. The second-order valence-corrected chi connectivity index (χ2v) is 9.33. The first-order valence-corrected chi connectivity index (χ1v) is 11.4. The average molecular weight is 442 g/mol. The lowest BCUT2D eigenvalue weighted by molar-refractivity contribution is -0.122. The van der Waals surface area contributed by atoms with Crippen LogP contribution >= 0.6 is 11.3 Å². The smallest absolute Gasteiger partial charge is 0.229 e. The van der Waals surface area contributed by atoms with Gasteiger partial charge in [0, 0.05) is 29.9 Å². The van der Waals surface area contributed by atoms with Gasteiger partial charge in [-0.15, -0.1) is 11.3 Å². The van der Waals surface area contributed by atoms with Crippen LogP contribution in [0.2, 0.25) is 0 Å². The standard InChI is InChI=1S/C26H23N3O2S/c1-16-3-10-21(11-4-16)29-15-19(14-24(29)30)25(31)27-20-8-6-18(7-9-20)26-28-22-12-5-17(2)13-23(22)32-26/h3-13,19H,14-15H2,1-2H3,(H,27,31). The van der Waals surface area contributed by atoms with E-state index in [1.54, 1.807) is 16.2 Å². The summed E-state index contributed by atoms with van der Waals surface area (Å²) < 4.78 is 1.17. The lowest BCUT2D eigenvalue weighted by atomic mass is 10.1. The Morgan fingerprint density at radius 3 is 2.47 bits per heavy atom. The Hall–Kier alpha value is -3.51. The summed E-state index contributed by atoms with van der Waals surface area (Å²) in [5.74, 6) is -0.512. The minimum absolute atomic E-state index is 0.0181. The van der Waals surface area contributed by atoms with Gasteiger partial charge in [0.05, 0.1) is 16.1 Å². The van der Waals surface area contributed by atoms with Crippen molar-refractivity contribution in [3.05, 3.63) is 77.9 Å². The molecule has 0 aliphatic carbocycles. The van der Waals surface area contributed by atoms with Crippen molar-refractivity contribution in [2.45, 2.75) is 20.3 Å². The summed E-state index contributed by atoms with van der Waals surface area (Å²) in [6, 6.07) is 21.8. The largest absolute Gasteiger partial charge is 0.326 e. The molecule has 5 nitrogen and oxygen atoms in total. The van der Waals surface area contributed by atoms with Crippen LogP contribution in [0.1, 0.15) is 17.5 Å². The van der Waals surface area contributed by atoms with Crippen molar-refractivity contribution in [2.75, 3.05) is 16.8 Å². The number of aryl methyl sites for hydroxylation is 2. The number of carbonyl (C=O) groups is 2. The highest BCUT2D eigenvalue weighted by Gasteiger charge is 2.35. The molecule has 5 rings (SSSR count). The van der Waals surface area contributed by atoms with E-state index >= 15 is 0 Å². The van der Waals surface area contributed by atoms with Gasteiger partial charge in [-0.2, -0.15) is 0 Å². The van der Waals surface area contributed by atoms with Gasteiger partial charge in [-0.25, -0.2) is 4.98 Å². The number of nitrogens with one attached hydrogen (secondary N) is 1. The Kier molecular flexibility index (Phi) is 5.23. The van der Waals surface area contributed by atoms with Crippen molar-refractivity contribution in [3.8, 4) is 10.6 Å². The van der Waals surface area contributed by atoms with Crippen molar-refractivity contribution in [2.24, 2.45) is 5.92 Å². The molecule has 1 fully saturated rings. The van der Waals surface area contributed by atoms with E-state index in [4.69, 9.17) is 4.98 Å². The average Bonchev–Trinajstić information content (AvgIpc) is 3.38. The van der Waals surface area contributed by atoms with Crippen molar-refractivity contribution in [3.63, 3.8) is 0 Å². The van der Waals surface area contributed by atoms with Gasteiger partial charge in [0.15, 0.2) is 0 Å². The molecule has 0 radical (unpaired) electrons. The molecule has 1 N–H and O–H groups in total. The lowest BCUT2D eigenvalue weighted by Gasteiger charge is -2.17. The molecule has 2 amide bonds. The number of nitrogens with zero attached hydrogens (tertiary/aromatic N) is 2. The van der Waals surface area contributed by atoms with Crippen LogP contribution in [-0.2, 0) is 9.59 Å². The third-order valence-corrected chi connectivity index (χ3v) is 6.85. The maximum Gasteiger partial charge on any atom is 0.229 e. The minimum Gasteiger partial charge on any atom is -0.326 e. The van der Waals surface area contributed by atoms with Crippen LogP contribution in [-0.4, -0.2) is 23.3 Å². The highest BCUT2D eigenvalue weighted by Crippen LogP contribution is 2.32. The number of benzene rings is 3. The Bertz CT molecular complexity index is 1310. The Morgan fingerprint density at radius 2 is 1.72 bits per heavy atom. The van der Waals surface area contributed by atoms with Crippen LogP contribution in [0.3, 0.4) is 0 Å². The summed E-state index contributed by atoms with van der Waals surface area (Å²) in [5.41, 5.74) is 5.93. The van der Waals surface area contributed by atoms with Crippen molar-refractivity contribution < 1.29 is 9.59 Å². The van der Waals surface area contributed by atoms with Crippen LogP contribution in [0.25, 0.3) is 20.8 Å². The molecule has 32 heavy (non-hydrogen) atoms. The number of carbonyl (C=O) groups excluding carboxylic acids is 2. The topological polar surface area (TPSA) is 62.3 Å².